The van der Waals surface area contributed by atoms with Crippen LogP contribution >= 0.6 is 0 Å². The maximum Gasteiger partial charge on any atom is 1.00 e. The van der Waals surface area contributed by atoms with Gasteiger partial charge in [-0.1, -0.05) is 93.0 Å². The summed E-state index contributed by atoms with van der Waals surface area (Å²) in [5, 5.41) is 0. The van der Waals surface area contributed by atoms with Gasteiger partial charge in [0.25, 0.3) is 0 Å². The van der Waals surface area contributed by atoms with Crippen LogP contribution in [0.2, 0.25) is 0 Å². The van der Waals surface area contributed by atoms with Crippen molar-refractivity contribution >= 4 is 20.1 Å². The van der Waals surface area contributed by atoms with Gasteiger partial charge in [0.1, 0.15) is 0 Å². The van der Waals surface area contributed by atoms with E-state index < -0.39 is 37.7 Å². The quantitative estimate of drug-likeness (QED) is 0.227. The van der Waals surface area contributed by atoms with Gasteiger partial charge in [0.15, 0.2) is 0 Å². The SMILES string of the molecule is CS(=O)(=O)[N-][C@H](c1ccccc1)[C@H](N)c1ccccc1.C[C]1[CH][CH][C](C(C)C)[CH][CH]1.O=S(=O)(O)C(F)(F)F.[Ru+]. The molecule has 1 aliphatic rings. The van der Waals surface area contributed by atoms with Crippen molar-refractivity contribution in [3.63, 3.8) is 0 Å². The van der Waals surface area contributed by atoms with Gasteiger partial charge in [-0.25, -0.2) is 8.42 Å². The Morgan fingerprint density at radius 1 is 0.821 bits per heavy atom. The maximum atomic E-state index is 11.5. The Bertz CT molecular complexity index is 1160. The molecule has 0 aromatic heterocycles. The van der Waals surface area contributed by atoms with Crippen LogP contribution in [0.25, 0.3) is 4.72 Å². The van der Waals surface area contributed by atoms with E-state index in [1.54, 1.807) is 0 Å². The summed E-state index contributed by atoms with van der Waals surface area (Å²) in [4.78, 5) is 0. The fraction of sp³-hybridized carbons (Fsp3) is 0.308. The first kappa shape index (κ1) is 37.6. The third-order valence-corrected chi connectivity index (χ3v) is 6.20. The molecule has 7 nitrogen and oxygen atoms in total. The topological polar surface area (TPSA) is 129 Å². The van der Waals surface area contributed by atoms with Crippen molar-refractivity contribution in [2.45, 2.75) is 38.4 Å². The molecular weight excluding hydrogens is 642 g/mol. The molecule has 2 aromatic rings. The van der Waals surface area contributed by atoms with Crippen LogP contribution in [0.4, 0.5) is 13.2 Å². The van der Waals surface area contributed by atoms with Gasteiger partial charge in [-0.05, 0) is 49.0 Å². The Balaban J connectivity index is 0.000000637. The largest absolute Gasteiger partial charge is 1.00 e. The van der Waals surface area contributed by atoms with Crippen molar-refractivity contribution in [2.75, 3.05) is 6.26 Å². The van der Waals surface area contributed by atoms with E-state index in [1.807, 2.05) is 60.7 Å². The van der Waals surface area contributed by atoms with Gasteiger partial charge in [-0.2, -0.15) is 21.6 Å². The van der Waals surface area contributed by atoms with Gasteiger partial charge in [0, 0.05) is 12.3 Å². The number of rotatable bonds is 6. The molecule has 39 heavy (non-hydrogen) atoms. The van der Waals surface area contributed by atoms with Crippen molar-refractivity contribution in [3.8, 4) is 0 Å². The number of nitrogens with zero attached hydrogens (tertiary/aromatic N) is 1. The van der Waals surface area contributed by atoms with Crippen LogP contribution in [0.3, 0.4) is 0 Å². The van der Waals surface area contributed by atoms with Crippen LogP contribution in [0.15, 0.2) is 60.7 Å². The summed E-state index contributed by atoms with van der Waals surface area (Å²) in [6.07, 6.45) is 9.80. The Kier molecular flexibility index (Phi) is 16.2. The van der Waals surface area contributed by atoms with E-state index in [4.69, 9.17) is 18.7 Å². The second-order valence-corrected chi connectivity index (χ2v) is 11.7. The van der Waals surface area contributed by atoms with Crippen molar-refractivity contribution in [3.05, 3.63) is 114 Å². The Labute approximate surface area is 243 Å². The minimum Gasteiger partial charge on any atom is -0.541 e. The monoisotopic (exact) mass is 675 g/mol. The fourth-order valence-electron chi connectivity index (χ4n) is 3.00. The summed E-state index contributed by atoms with van der Waals surface area (Å²) >= 11 is 0. The molecule has 1 aliphatic carbocycles. The van der Waals surface area contributed by atoms with Gasteiger partial charge in [-0.15, -0.1) is 0 Å². The van der Waals surface area contributed by atoms with Crippen LogP contribution in [0, 0.1) is 43.4 Å². The van der Waals surface area contributed by atoms with Crippen LogP contribution in [0.1, 0.15) is 44.0 Å². The van der Waals surface area contributed by atoms with E-state index in [1.165, 1.54) is 11.8 Å². The third-order valence-electron chi connectivity index (χ3n) is 5.01. The smallest absolute Gasteiger partial charge is 0.541 e. The maximum absolute atomic E-state index is 11.5. The fourth-order valence-corrected chi connectivity index (χ4v) is 3.66. The van der Waals surface area contributed by atoms with Crippen LogP contribution in [-0.4, -0.2) is 33.2 Å². The number of halogens is 3. The van der Waals surface area contributed by atoms with Gasteiger partial charge < -0.3 is 10.5 Å². The first-order chi connectivity index (χ1) is 17.4. The average Bonchev–Trinajstić information content (AvgIpc) is 2.82. The third kappa shape index (κ3) is 14.7. The van der Waals surface area contributed by atoms with Crippen molar-refractivity contribution in [1.82, 2.24) is 0 Å². The minimum atomic E-state index is -5.84. The number of alkyl halides is 3. The zero-order valence-electron chi connectivity index (χ0n) is 21.7. The number of benzene rings is 2. The first-order valence-electron chi connectivity index (χ1n) is 11.3. The predicted octanol–water partition coefficient (Wildman–Crippen LogP) is 5.79. The van der Waals surface area contributed by atoms with Crippen molar-refractivity contribution < 1.29 is 54.0 Å². The van der Waals surface area contributed by atoms with Gasteiger partial charge >= 0.3 is 35.1 Å². The molecule has 0 aliphatic heterocycles. The number of hydrogen-bond acceptors (Lipinski definition) is 5. The van der Waals surface area contributed by atoms with Crippen molar-refractivity contribution in [2.24, 2.45) is 11.7 Å². The van der Waals surface area contributed by atoms with Crippen LogP contribution in [-0.2, 0) is 39.6 Å². The first-order valence-corrected chi connectivity index (χ1v) is 14.6. The summed E-state index contributed by atoms with van der Waals surface area (Å²) in [7, 11) is -9.32. The zero-order chi connectivity index (χ0) is 29.1. The van der Waals surface area contributed by atoms with E-state index in [9.17, 15) is 21.6 Å². The van der Waals surface area contributed by atoms with Gasteiger partial charge in [-0.3, -0.25) is 4.55 Å². The number of hydrogen-bond donors (Lipinski definition) is 2. The van der Waals surface area contributed by atoms with Gasteiger partial charge in [0.05, 0.1) is 10.0 Å². The Morgan fingerprint density at radius 3 is 1.54 bits per heavy atom. The normalized spacial score (nSPS) is 16.6. The van der Waals surface area contributed by atoms with E-state index >= 15 is 0 Å². The standard InChI is InChI=1S/C15H17N2O2S.C10H14.CHF3O3S.Ru/c1-20(18,19)17-15(13-10-6-3-7-11-13)14(16)12-8-4-2-5-9-12;1-8(2)10-6-4-9(3)5-7-10;2-1(3,4)8(5,6)7;/h2-11,14-15H,16H2,1H3;4-8H,1-3H3;(H,5,6,7);/q-1;;;+1/t14-,15-;;;/m1.../s1. The second-order valence-electron chi connectivity index (χ2n) is 8.62. The molecule has 1 saturated carbocycles. The molecule has 217 valence electrons. The zero-order valence-corrected chi connectivity index (χ0v) is 25.1. The molecule has 0 saturated heterocycles. The molecule has 0 amide bonds. The molecule has 2 aromatic carbocycles. The van der Waals surface area contributed by atoms with E-state index in [0.29, 0.717) is 5.92 Å². The molecule has 2 atom stereocenters. The summed E-state index contributed by atoms with van der Waals surface area (Å²) in [5.74, 6) is 3.41. The van der Waals surface area contributed by atoms with E-state index in [2.05, 4.69) is 51.2 Å². The molecular formula is C26H32F3N2O5RuS2. The average molecular weight is 675 g/mol. The molecule has 0 heterocycles. The number of sulfonamides is 1. The Morgan fingerprint density at radius 2 is 1.21 bits per heavy atom. The molecule has 0 bridgehead atoms. The summed E-state index contributed by atoms with van der Waals surface area (Å²) < 4.78 is 84.5. The van der Waals surface area contributed by atoms with Crippen LogP contribution < -0.4 is 5.73 Å². The minimum absolute atomic E-state index is 0. The summed E-state index contributed by atoms with van der Waals surface area (Å²) in [5.41, 5.74) is 2.33. The molecule has 0 unspecified atom stereocenters. The molecule has 1 fully saturated rings. The van der Waals surface area contributed by atoms with E-state index in [-0.39, 0.29) is 19.5 Å². The summed E-state index contributed by atoms with van der Waals surface area (Å²) in [6, 6.07) is 17.5. The molecule has 3 rings (SSSR count). The van der Waals surface area contributed by atoms with E-state index in [0.717, 1.165) is 17.4 Å². The Hall–Kier alpha value is -1.37. The summed E-state index contributed by atoms with van der Waals surface area (Å²) in [6.45, 7) is 6.54. The van der Waals surface area contributed by atoms with Crippen molar-refractivity contribution in [1.29, 1.82) is 0 Å². The molecule has 0 spiro atoms. The number of nitrogens with two attached hydrogens (primary N) is 1. The second kappa shape index (κ2) is 16.8. The molecule has 3 N–H and O–H groups in total. The van der Waals surface area contributed by atoms with Crippen LogP contribution in [0.5, 0.6) is 0 Å². The molecule has 13 heteroatoms. The molecule has 7 radical (unpaired) electrons. The van der Waals surface area contributed by atoms with Gasteiger partial charge in [0.2, 0.25) is 0 Å². The predicted molar refractivity (Wildman–Crippen MR) is 143 cm³/mol.